The Morgan fingerprint density at radius 3 is 2.50 bits per heavy atom. The van der Waals surface area contributed by atoms with Gasteiger partial charge in [-0.25, -0.2) is 8.78 Å². The minimum atomic E-state index is -1.43. The second-order valence-corrected chi connectivity index (χ2v) is 5.09. The van der Waals surface area contributed by atoms with Gasteiger partial charge in [-0.15, -0.1) is 0 Å². The number of hydrogen-bond donors (Lipinski definition) is 0. The van der Waals surface area contributed by atoms with E-state index in [1.165, 1.54) is 7.11 Å². The maximum atomic E-state index is 13.8. The van der Waals surface area contributed by atoms with Crippen LogP contribution in [-0.2, 0) is 4.74 Å². The van der Waals surface area contributed by atoms with Gasteiger partial charge in [-0.1, -0.05) is 26.7 Å². The van der Waals surface area contributed by atoms with Crippen molar-refractivity contribution in [1.82, 2.24) is 0 Å². The van der Waals surface area contributed by atoms with Gasteiger partial charge in [-0.05, 0) is 31.1 Å². The quantitative estimate of drug-likeness (QED) is 0.700. The summed E-state index contributed by atoms with van der Waals surface area (Å²) in [7, 11) is 1.46. The molecule has 0 aromatic rings. The first kappa shape index (κ1) is 13.9. The molecule has 16 heavy (non-hydrogen) atoms. The van der Waals surface area contributed by atoms with Gasteiger partial charge in [-0.2, -0.15) is 0 Å². The first-order valence-corrected chi connectivity index (χ1v) is 6.41. The van der Waals surface area contributed by atoms with Gasteiger partial charge in [0.15, 0.2) is 6.17 Å². The zero-order chi connectivity index (χ0) is 12.1. The van der Waals surface area contributed by atoms with E-state index in [1.54, 1.807) is 0 Å². The lowest BCUT2D eigenvalue weighted by molar-refractivity contribution is -0.0579. The highest BCUT2D eigenvalue weighted by molar-refractivity contribution is 4.88. The van der Waals surface area contributed by atoms with Crippen LogP contribution in [0, 0.1) is 11.8 Å². The number of alkyl halides is 2. The summed E-state index contributed by atoms with van der Waals surface area (Å²) in [5.41, 5.74) is 0. The van der Waals surface area contributed by atoms with Gasteiger partial charge < -0.3 is 4.74 Å². The van der Waals surface area contributed by atoms with Gasteiger partial charge in [-0.3, -0.25) is 0 Å². The van der Waals surface area contributed by atoms with E-state index in [0.29, 0.717) is 12.3 Å². The van der Waals surface area contributed by atoms with E-state index in [4.69, 9.17) is 4.74 Å². The molecule has 1 aliphatic rings. The molecular weight excluding hydrogens is 210 g/mol. The molecule has 0 aromatic carbocycles. The van der Waals surface area contributed by atoms with Gasteiger partial charge in [0.05, 0.1) is 6.10 Å². The highest BCUT2D eigenvalue weighted by Gasteiger charge is 2.40. The Morgan fingerprint density at radius 2 is 1.94 bits per heavy atom. The molecule has 1 rings (SSSR count). The number of methoxy groups -OCH3 is 1. The highest BCUT2D eigenvalue weighted by atomic mass is 19.2. The third-order valence-electron chi connectivity index (χ3n) is 3.96. The largest absolute Gasteiger partial charge is 0.378 e. The first-order chi connectivity index (χ1) is 7.60. The molecule has 0 radical (unpaired) electrons. The Bertz CT molecular complexity index is 198. The third kappa shape index (κ3) is 3.41. The van der Waals surface area contributed by atoms with Crippen molar-refractivity contribution in [2.24, 2.45) is 11.8 Å². The maximum Gasteiger partial charge on any atom is 0.157 e. The van der Waals surface area contributed by atoms with Crippen molar-refractivity contribution in [3.05, 3.63) is 0 Å². The minimum Gasteiger partial charge on any atom is -0.378 e. The second-order valence-electron chi connectivity index (χ2n) is 5.09. The molecule has 0 aromatic heterocycles. The Kier molecular flexibility index (Phi) is 5.67. The summed E-state index contributed by atoms with van der Waals surface area (Å²) >= 11 is 0. The third-order valence-corrected chi connectivity index (χ3v) is 3.96. The van der Waals surface area contributed by atoms with Gasteiger partial charge in [0.25, 0.3) is 0 Å². The molecule has 96 valence electrons. The monoisotopic (exact) mass is 234 g/mol. The predicted octanol–water partition coefficient (Wildman–Crippen LogP) is 3.91. The van der Waals surface area contributed by atoms with Crippen LogP contribution in [0.1, 0.15) is 46.0 Å². The number of rotatable bonds is 5. The first-order valence-electron chi connectivity index (χ1n) is 6.41. The van der Waals surface area contributed by atoms with Gasteiger partial charge in [0.2, 0.25) is 0 Å². The summed E-state index contributed by atoms with van der Waals surface area (Å²) in [6.45, 7) is 4.30. The lowest BCUT2D eigenvalue weighted by Gasteiger charge is -2.34. The fourth-order valence-electron chi connectivity index (χ4n) is 2.42. The summed E-state index contributed by atoms with van der Waals surface area (Å²) in [5.74, 6) is 0.515. The van der Waals surface area contributed by atoms with E-state index in [0.717, 1.165) is 25.7 Å². The Hall–Kier alpha value is -0.180. The number of hydrogen-bond acceptors (Lipinski definition) is 1. The van der Waals surface area contributed by atoms with Crippen molar-refractivity contribution in [3.63, 3.8) is 0 Å². The van der Waals surface area contributed by atoms with Crippen molar-refractivity contribution in [3.8, 4) is 0 Å². The zero-order valence-electron chi connectivity index (χ0n) is 10.6. The van der Waals surface area contributed by atoms with Crippen molar-refractivity contribution in [1.29, 1.82) is 0 Å². The van der Waals surface area contributed by atoms with E-state index in [2.05, 4.69) is 13.8 Å². The van der Waals surface area contributed by atoms with Gasteiger partial charge in [0, 0.05) is 7.11 Å². The minimum absolute atomic E-state index is 0.101. The van der Waals surface area contributed by atoms with Crippen LogP contribution >= 0.6 is 0 Å². The SMILES string of the molecule is CCC(C)CC[C@@H]1CCC(OC)C(F)C1F. The summed E-state index contributed by atoms with van der Waals surface area (Å²) in [6, 6.07) is 0. The number of ether oxygens (including phenoxy) is 1. The molecule has 0 bridgehead atoms. The van der Waals surface area contributed by atoms with Crippen molar-refractivity contribution in [2.45, 2.75) is 64.4 Å². The molecule has 0 saturated heterocycles. The topological polar surface area (TPSA) is 9.23 Å². The Morgan fingerprint density at radius 1 is 1.25 bits per heavy atom. The van der Waals surface area contributed by atoms with Crippen LogP contribution in [0.2, 0.25) is 0 Å². The molecule has 4 unspecified atom stereocenters. The van der Waals surface area contributed by atoms with E-state index in [-0.39, 0.29) is 5.92 Å². The Balaban J connectivity index is 2.39. The maximum absolute atomic E-state index is 13.8. The summed E-state index contributed by atoms with van der Waals surface area (Å²) in [6.07, 6.45) is 1.06. The molecule has 1 aliphatic carbocycles. The van der Waals surface area contributed by atoms with Gasteiger partial charge >= 0.3 is 0 Å². The van der Waals surface area contributed by atoms with E-state index in [1.807, 2.05) is 0 Å². The summed E-state index contributed by atoms with van der Waals surface area (Å²) in [5, 5.41) is 0. The zero-order valence-corrected chi connectivity index (χ0v) is 10.6. The average Bonchev–Trinajstić information content (AvgIpc) is 2.30. The fraction of sp³-hybridized carbons (Fsp3) is 1.00. The van der Waals surface area contributed by atoms with Crippen LogP contribution in [0.25, 0.3) is 0 Å². The average molecular weight is 234 g/mol. The van der Waals surface area contributed by atoms with E-state index in [9.17, 15) is 8.78 Å². The molecule has 0 N–H and O–H groups in total. The highest BCUT2D eigenvalue weighted by Crippen LogP contribution is 2.34. The molecule has 0 aliphatic heterocycles. The molecule has 1 nitrogen and oxygen atoms in total. The molecule has 5 atom stereocenters. The van der Waals surface area contributed by atoms with Crippen molar-refractivity contribution in [2.75, 3.05) is 7.11 Å². The number of halogens is 2. The summed E-state index contributed by atoms with van der Waals surface area (Å²) < 4.78 is 32.3. The Labute approximate surface area is 97.6 Å². The van der Waals surface area contributed by atoms with Crippen LogP contribution in [0.3, 0.4) is 0 Å². The van der Waals surface area contributed by atoms with Crippen molar-refractivity contribution < 1.29 is 13.5 Å². The molecule has 1 saturated carbocycles. The van der Waals surface area contributed by atoms with E-state index < -0.39 is 18.4 Å². The predicted molar refractivity (Wildman–Crippen MR) is 62.0 cm³/mol. The lowest BCUT2D eigenvalue weighted by atomic mass is 9.80. The smallest absolute Gasteiger partial charge is 0.157 e. The van der Waals surface area contributed by atoms with Crippen LogP contribution < -0.4 is 0 Å². The molecule has 0 heterocycles. The lowest BCUT2D eigenvalue weighted by Crippen LogP contribution is -2.42. The van der Waals surface area contributed by atoms with E-state index >= 15 is 0 Å². The molecule has 0 spiro atoms. The van der Waals surface area contributed by atoms with Crippen LogP contribution in [0.5, 0.6) is 0 Å². The molecule has 3 heteroatoms. The van der Waals surface area contributed by atoms with Crippen LogP contribution in [-0.4, -0.2) is 25.6 Å². The van der Waals surface area contributed by atoms with Crippen LogP contribution in [0.4, 0.5) is 8.78 Å². The fourth-order valence-corrected chi connectivity index (χ4v) is 2.42. The molecule has 1 fully saturated rings. The standard InChI is InChI=1S/C13H24F2O/c1-4-9(2)5-6-10-7-8-11(16-3)13(15)12(10)14/h9-13H,4-8H2,1-3H3/t9?,10-,11?,12?,13?/m1/s1. The van der Waals surface area contributed by atoms with Crippen LogP contribution in [0.15, 0.2) is 0 Å². The molecule has 0 amide bonds. The molecular formula is C13H24F2O. The normalized spacial score (nSPS) is 37.3. The summed E-state index contributed by atoms with van der Waals surface area (Å²) in [4.78, 5) is 0. The van der Waals surface area contributed by atoms with Gasteiger partial charge in [0.1, 0.15) is 6.17 Å². The van der Waals surface area contributed by atoms with Crippen molar-refractivity contribution >= 4 is 0 Å². The second kappa shape index (κ2) is 6.53.